The third-order valence-corrected chi connectivity index (χ3v) is 5.57. The zero-order valence-electron chi connectivity index (χ0n) is 16.2. The van der Waals surface area contributed by atoms with Gasteiger partial charge in [-0.15, -0.1) is 0 Å². The van der Waals surface area contributed by atoms with Gasteiger partial charge in [0, 0.05) is 0 Å². The predicted octanol–water partition coefficient (Wildman–Crippen LogP) is 3.85. The Morgan fingerprint density at radius 1 is 0.893 bits per heavy atom. The van der Waals surface area contributed by atoms with E-state index in [1.165, 1.54) is 0 Å². The van der Waals surface area contributed by atoms with Crippen LogP contribution in [0.3, 0.4) is 0 Å². The Hall–Kier alpha value is -2.82. The molecule has 0 radical (unpaired) electrons. The van der Waals surface area contributed by atoms with Crippen molar-refractivity contribution in [3.8, 4) is 0 Å². The molecule has 0 heterocycles. The summed E-state index contributed by atoms with van der Waals surface area (Å²) in [5, 5.41) is 6.00. The fourth-order valence-electron chi connectivity index (χ4n) is 3.96. The molecule has 3 amide bonds. The number of hydrogen-bond acceptors (Lipinski definition) is 2. The van der Waals surface area contributed by atoms with Crippen LogP contribution in [0.4, 0.5) is 4.79 Å². The molecule has 1 aliphatic rings. The van der Waals surface area contributed by atoms with Crippen LogP contribution in [0.25, 0.3) is 0 Å². The maximum atomic E-state index is 12.9. The molecule has 1 fully saturated rings. The van der Waals surface area contributed by atoms with Gasteiger partial charge in [-0.05, 0) is 30.4 Å². The van der Waals surface area contributed by atoms with E-state index in [1.54, 1.807) is 0 Å². The minimum atomic E-state index is -0.950. The van der Waals surface area contributed by atoms with Crippen LogP contribution in [0.1, 0.15) is 55.7 Å². The van der Waals surface area contributed by atoms with Crippen LogP contribution in [0, 0.1) is 0 Å². The lowest BCUT2D eigenvalue weighted by atomic mass is 9.89. The topological polar surface area (TPSA) is 84.2 Å². The molecule has 28 heavy (non-hydrogen) atoms. The van der Waals surface area contributed by atoms with E-state index in [0.717, 1.165) is 36.8 Å². The Kier molecular flexibility index (Phi) is 6.69. The molecule has 0 saturated heterocycles. The van der Waals surface area contributed by atoms with Crippen LogP contribution >= 0.6 is 0 Å². The van der Waals surface area contributed by atoms with Crippen molar-refractivity contribution < 1.29 is 9.59 Å². The van der Waals surface area contributed by atoms with E-state index in [4.69, 9.17) is 5.73 Å². The number of carbonyl (C=O) groups is 2. The van der Waals surface area contributed by atoms with Crippen LogP contribution in [0.5, 0.6) is 0 Å². The molecule has 4 N–H and O–H groups in total. The van der Waals surface area contributed by atoms with Gasteiger partial charge in [0.05, 0.1) is 6.04 Å². The number of hydrogen-bond donors (Lipinski definition) is 3. The summed E-state index contributed by atoms with van der Waals surface area (Å²) in [5.41, 5.74) is 6.91. The van der Waals surface area contributed by atoms with E-state index in [1.807, 2.05) is 60.7 Å². The molecule has 3 rings (SSSR count). The molecular weight excluding hydrogens is 350 g/mol. The summed E-state index contributed by atoms with van der Waals surface area (Å²) in [6.45, 7) is 0. The van der Waals surface area contributed by atoms with E-state index in [9.17, 15) is 9.59 Å². The number of urea groups is 1. The lowest BCUT2D eigenvalue weighted by Crippen LogP contribution is -2.59. The minimum absolute atomic E-state index is 0.195. The summed E-state index contributed by atoms with van der Waals surface area (Å²) >= 11 is 0. The van der Waals surface area contributed by atoms with Gasteiger partial charge < -0.3 is 16.4 Å². The molecule has 5 heteroatoms. The zero-order chi connectivity index (χ0) is 19.8. The summed E-state index contributed by atoms with van der Waals surface area (Å²) in [6.07, 6.45) is 5.80. The third kappa shape index (κ3) is 5.12. The number of nitrogens with two attached hydrogens (primary N) is 1. The first-order chi connectivity index (χ1) is 13.6. The van der Waals surface area contributed by atoms with Crippen molar-refractivity contribution in [2.45, 2.75) is 56.5 Å². The first-order valence-corrected chi connectivity index (χ1v) is 10.1. The first-order valence-electron chi connectivity index (χ1n) is 10.1. The molecule has 148 valence electrons. The Bertz CT molecular complexity index is 769. The molecule has 0 aromatic heterocycles. The van der Waals surface area contributed by atoms with Crippen LogP contribution in [-0.2, 0) is 11.2 Å². The van der Waals surface area contributed by atoms with Crippen LogP contribution in [0.15, 0.2) is 60.7 Å². The van der Waals surface area contributed by atoms with Crippen molar-refractivity contribution in [1.82, 2.24) is 10.6 Å². The largest absolute Gasteiger partial charge is 0.368 e. The maximum Gasteiger partial charge on any atom is 0.316 e. The van der Waals surface area contributed by atoms with Gasteiger partial charge in [-0.2, -0.15) is 0 Å². The highest BCUT2D eigenvalue weighted by atomic mass is 16.2. The van der Waals surface area contributed by atoms with E-state index in [0.29, 0.717) is 19.3 Å². The van der Waals surface area contributed by atoms with Crippen molar-refractivity contribution >= 4 is 11.9 Å². The average molecular weight is 380 g/mol. The number of benzene rings is 2. The van der Waals surface area contributed by atoms with E-state index in [-0.39, 0.29) is 12.1 Å². The fraction of sp³-hybridized carbons (Fsp3) is 0.391. The van der Waals surface area contributed by atoms with Gasteiger partial charge >= 0.3 is 6.03 Å². The Morgan fingerprint density at radius 3 is 2.04 bits per heavy atom. The van der Waals surface area contributed by atoms with Gasteiger partial charge in [-0.1, -0.05) is 86.3 Å². The summed E-state index contributed by atoms with van der Waals surface area (Å²) in [7, 11) is 0. The quantitative estimate of drug-likeness (QED) is 0.666. The standard InChI is InChI=1S/C23H29N3O2/c24-21(27)23(15-9-1-2-10-16-23)26-22(28)25-20(19-13-7-4-8-14-19)17-18-11-5-3-6-12-18/h3-8,11-14,20H,1-2,9-10,15-17H2,(H2,24,27)(H2,25,26,28). The molecule has 2 aromatic rings. The summed E-state index contributed by atoms with van der Waals surface area (Å²) < 4.78 is 0. The van der Waals surface area contributed by atoms with E-state index < -0.39 is 11.4 Å². The summed E-state index contributed by atoms with van der Waals surface area (Å²) in [4.78, 5) is 25.1. The van der Waals surface area contributed by atoms with Crippen molar-refractivity contribution in [1.29, 1.82) is 0 Å². The molecular formula is C23H29N3O2. The average Bonchev–Trinajstić information content (AvgIpc) is 2.95. The lowest BCUT2D eigenvalue weighted by Gasteiger charge is -2.31. The smallest absolute Gasteiger partial charge is 0.316 e. The monoisotopic (exact) mass is 379 g/mol. The second-order valence-electron chi connectivity index (χ2n) is 7.61. The number of amides is 3. The predicted molar refractivity (Wildman–Crippen MR) is 111 cm³/mol. The van der Waals surface area contributed by atoms with Crippen molar-refractivity contribution in [2.24, 2.45) is 5.73 Å². The van der Waals surface area contributed by atoms with Crippen LogP contribution < -0.4 is 16.4 Å². The van der Waals surface area contributed by atoms with Crippen LogP contribution in [0.2, 0.25) is 0 Å². The van der Waals surface area contributed by atoms with Gasteiger partial charge in [-0.3, -0.25) is 4.79 Å². The van der Waals surface area contributed by atoms with E-state index in [2.05, 4.69) is 10.6 Å². The zero-order valence-corrected chi connectivity index (χ0v) is 16.2. The Morgan fingerprint density at radius 2 is 1.46 bits per heavy atom. The summed E-state index contributed by atoms with van der Waals surface area (Å²) in [5.74, 6) is -0.441. The highest BCUT2D eigenvalue weighted by Gasteiger charge is 2.38. The number of rotatable bonds is 6. The molecule has 0 bridgehead atoms. The van der Waals surface area contributed by atoms with Crippen LogP contribution in [-0.4, -0.2) is 17.5 Å². The van der Waals surface area contributed by atoms with Crippen molar-refractivity contribution in [3.05, 3.63) is 71.8 Å². The van der Waals surface area contributed by atoms with Crippen molar-refractivity contribution in [2.75, 3.05) is 0 Å². The van der Waals surface area contributed by atoms with Gasteiger partial charge in [0.1, 0.15) is 5.54 Å². The molecule has 1 aliphatic carbocycles. The Balaban J connectivity index is 1.75. The van der Waals surface area contributed by atoms with Gasteiger partial charge in [0.25, 0.3) is 0 Å². The normalized spacial score (nSPS) is 17.1. The first kappa shape index (κ1) is 19.9. The minimum Gasteiger partial charge on any atom is -0.368 e. The van der Waals surface area contributed by atoms with E-state index >= 15 is 0 Å². The Labute approximate surface area is 166 Å². The summed E-state index contributed by atoms with van der Waals surface area (Å²) in [6, 6.07) is 19.4. The second kappa shape index (κ2) is 9.40. The van der Waals surface area contributed by atoms with Crippen molar-refractivity contribution in [3.63, 3.8) is 0 Å². The number of carbonyl (C=O) groups excluding carboxylic acids is 2. The van der Waals surface area contributed by atoms with Gasteiger partial charge in [0.2, 0.25) is 5.91 Å². The lowest BCUT2D eigenvalue weighted by molar-refractivity contribution is -0.124. The van der Waals surface area contributed by atoms with Gasteiger partial charge in [-0.25, -0.2) is 4.79 Å². The highest BCUT2D eigenvalue weighted by Crippen LogP contribution is 2.27. The molecule has 0 spiro atoms. The van der Waals surface area contributed by atoms with Gasteiger partial charge in [0.15, 0.2) is 0 Å². The second-order valence-corrected chi connectivity index (χ2v) is 7.61. The molecule has 1 atom stereocenters. The third-order valence-electron chi connectivity index (χ3n) is 5.57. The molecule has 1 saturated carbocycles. The maximum absolute atomic E-state index is 12.9. The highest BCUT2D eigenvalue weighted by molar-refractivity contribution is 5.90. The molecule has 5 nitrogen and oxygen atoms in total. The molecule has 0 aliphatic heterocycles. The molecule has 2 aromatic carbocycles. The number of primary amides is 1. The SMILES string of the molecule is NC(=O)C1(NC(=O)NC(Cc2ccccc2)c2ccccc2)CCCCCC1. The molecule has 1 unspecified atom stereocenters. The fourth-order valence-corrected chi connectivity index (χ4v) is 3.96. The number of nitrogens with one attached hydrogen (secondary N) is 2.